The number of ketones is 1. The lowest BCUT2D eigenvalue weighted by molar-refractivity contribution is 0.0870. The SMILES string of the molecule is CC(C)n1nccc1/C=C1\OCc2ccccc2C1=O. The molecule has 102 valence electrons. The van der Waals surface area contributed by atoms with Crippen LogP contribution < -0.4 is 0 Å². The van der Waals surface area contributed by atoms with Crippen LogP contribution in [-0.2, 0) is 11.3 Å². The van der Waals surface area contributed by atoms with Gasteiger partial charge in [0.15, 0.2) is 5.76 Å². The van der Waals surface area contributed by atoms with Gasteiger partial charge in [-0.05, 0) is 19.9 Å². The van der Waals surface area contributed by atoms with E-state index in [9.17, 15) is 4.79 Å². The fourth-order valence-electron chi connectivity index (χ4n) is 2.33. The number of carbonyl (C=O) groups is 1. The summed E-state index contributed by atoms with van der Waals surface area (Å²) in [6.07, 6.45) is 3.50. The maximum Gasteiger partial charge on any atom is 0.228 e. The Morgan fingerprint density at radius 2 is 2.10 bits per heavy atom. The van der Waals surface area contributed by atoms with Crippen molar-refractivity contribution in [2.75, 3.05) is 0 Å². The number of nitrogens with zero attached hydrogens (tertiary/aromatic N) is 2. The minimum absolute atomic E-state index is 0.0663. The van der Waals surface area contributed by atoms with Crippen LogP contribution >= 0.6 is 0 Å². The quantitative estimate of drug-likeness (QED) is 0.785. The van der Waals surface area contributed by atoms with E-state index < -0.39 is 0 Å². The van der Waals surface area contributed by atoms with Gasteiger partial charge in [-0.25, -0.2) is 0 Å². The summed E-state index contributed by atoms with van der Waals surface area (Å²) in [5.41, 5.74) is 2.54. The zero-order valence-corrected chi connectivity index (χ0v) is 11.5. The highest BCUT2D eigenvalue weighted by Crippen LogP contribution is 2.24. The van der Waals surface area contributed by atoms with Crippen molar-refractivity contribution in [3.8, 4) is 0 Å². The van der Waals surface area contributed by atoms with Crippen LogP contribution in [-0.4, -0.2) is 15.6 Å². The zero-order valence-electron chi connectivity index (χ0n) is 11.5. The normalized spacial score (nSPS) is 16.4. The molecule has 0 radical (unpaired) electrons. The van der Waals surface area contributed by atoms with Gasteiger partial charge in [0.1, 0.15) is 6.61 Å². The Bertz CT molecular complexity index is 683. The molecule has 3 rings (SSSR count). The van der Waals surface area contributed by atoms with Gasteiger partial charge in [-0.15, -0.1) is 0 Å². The van der Waals surface area contributed by atoms with Crippen molar-refractivity contribution < 1.29 is 9.53 Å². The van der Waals surface area contributed by atoms with E-state index in [0.29, 0.717) is 12.4 Å². The summed E-state index contributed by atoms with van der Waals surface area (Å²) in [5.74, 6) is 0.314. The number of hydrogen-bond acceptors (Lipinski definition) is 3. The van der Waals surface area contributed by atoms with Crippen LogP contribution in [0, 0.1) is 0 Å². The molecular weight excluding hydrogens is 252 g/mol. The minimum Gasteiger partial charge on any atom is -0.485 e. The molecular formula is C16H16N2O2. The number of aromatic nitrogens is 2. The van der Waals surface area contributed by atoms with Crippen molar-refractivity contribution in [3.63, 3.8) is 0 Å². The molecule has 2 heterocycles. The van der Waals surface area contributed by atoms with Crippen LogP contribution in [0.25, 0.3) is 6.08 Å². The van der Waals surface area contributed by atoms with Gasteiger partial charge in [-0.2, -0.15) is 5.10 Å². The van der Waals surface area contributed by atoms with Crippen molar-refractivity contribution in [1.82, 2.24) is 9.78 Å². The summed E-state index contributed by atoms with van der Waals surface area (Å²) in [5, 5.41) is 4.26. The largest absolute Gasteiger partial charge is 0.485 e. The Kier molecular flexibility index (Phi) is 3.14. The van der Waals surface area contributed by atoms with Crippen LogP contribution in [0.5, 0.6) is 0 Å². The van der Waals surface area contributed by atoms with Gasteiger partial charge in [0, 0.05) is 29.4 Å². The molecule has 1 aliphatic heterocycles. The Morgan fingerprint density at radius 3 is 2.90 bits per heavy atom. The van der Waals surface area contributed by atoms with E-state index in [0.717, 1.165) is 16.8 Å². The van der Waals surface area contributed by atoms with Crippen LogP contribution in [0.4, 0.5) is 0 Å². The fourth-order valence-corrected chi connectivity index (χ4v) is 2.33. The fraction of sp³-hybridized carbons (Fsp3) is 0.250. The van der Waals surface area contributed by atoms with E-state index in [1.807, 2.05) is 48.9 Å². The van der Waals surface area contributed by atoms with Crippen LogP contribution in [0.1, 0.15) is 41.5 Å². The van der Waals surface area contributed by atoms with Gasteiger partial charge in [0.25, 0.3) is 0 Å². The van der Waals surface area contributed by atoms with Crippen molar-refractivity contribution in [2.24, 2.45) is 0 Å². The van der Waals surface area contributed by atoms with Gasteiger partial charge >= 0.3 is 0 Å². The number of ether oxygens (including phenoxy) is 1. The second kappa shape index (κ2) is 4.96. The van der Waals surface area contributed by atoms with Gasteiger partial charge in [-0.1, -0.05) is 24.3 Å². The highest BCUT2D eigenvalue weighted by Gasteiger charge is 2.23. The first-order chi connectivity index (χ1) is 9.66. The zero-order chi connectivity index (χ0) is 14.1. The molecule has 0 fully saturated rings. The summed E-state index contributed by atoms with van der Waals surface area (Å²) < 4.78 is 7.46. The molecule has 4 nitrogen and oxygen atoms in total. The molecule has 0 amide bonds. The van der Waals surface area contributed by atoms with Crippen molar-refractivity contribution in [3.05, 3.63) is 59.1 Å². The number of benzene rings is 1. The monoisotopic (exact) mass is 268 g/mol. The molecule has 0 spiro atoms. The number of hydrogen-bond donors (Lipinski definition) is 0. The van der Waals surface area contributed by atoms with E-state index in [4.69, 9.17) is 4.74 Å². The molecule has 0 unspecified atom stereocenters. The van der Waals surface area contributed by atoms with Crippen molar-refractivity contribution >= 4 is 11.9 Å². The molecule has 1 aromatic heterocycles. The Balaban J connectivity index is 1.98. The maximum absolute atomic E-state index is 12.4. The Hall–Kier alpha value is -2.36. The Morgan fingerprint density at radius 1 is 1.30 bits per heavy atom. The topological polar surface area (TPSA) is 44.1 Å². The van der Waals surface area contributed by atoms with E-state index >= 15 is 0 Å². The Labute approximate surface area is 117 Å². The molecule has 0 bridgehead atoms. The third-order valence-corrected chi connectivity index (χ3v) is 3.34. The summed E-state index contributed by atoms with van der Waals surface area (Å²) >= 11 is 0. The molecule has 0 saturated heterocycles. The van der Waals surface area contributed by atoms with Crippen molar-refractivity contribution in [1.29, 1.82) is 0 Å². The lowest BCUT2D eigenvalue weighted by Gasteiger charge is -2.19. The molecule has 1 aliphatic rings. The molecule has 0 atom stereocenters. The third-order valence-electron chi connectivity index (χ3n) is 3.34. The number of fused-ring (bicyclic) bond motifs is 1. The third kappa shape index (κ3) is 2.13. The first-order valence-electron chi connectivity index (χ1n) is 6.67. The number of allylic oxidation sites excluding steroid dienone is 1. The van der Waals surface area contributed by atoms with E-state index in [1.165, 1.54) is 0 Å². The average molecular weight is 268 g/mol. The molecule has 0 N–H and O–H groups in total. The highest BCUT2D eigenvalue weighted by molar-refractivity contribution is 6.11. The second-order valence-electron chi connectivity index (χ2n) is 5.08. The van der Waals surface area contributed by atoms with Crippen LogP contribution in [0.15, 0.2) is 42.3 Å². The second-order valence-corrected chi connectivity index (χ2v) is 5.08. The van der Waals surface area contributed by atoms with Crippen molar-refractivity contribution in [2.45, 2.75) is 26.5 Å². The first-order valence-corrected chi connectivity index (χ1v) is 6.67. The first kappa shape index (κ1) is 12.7. The van der Waals surface area contributed by atoms with E-state index in [2.05, 4.69) is 5.10 Å². The van der Waals surface area contributed by atoms with Gasteiger partial charge in [0.2, 0.25) is 5.78 Å². The maximum atomic E-state index is 12.4. The number of rotatable bonds is 2. The predicted octanol–water partition coefficient (Wildman–Crippen LogP) is 3.22. The van der Waals surface area contributed by atoms with Crippen LogP contribution in [0.2, 0.25) is 0 Å². The van der Waals surface area contributed by atoms with E-state index in [1.54, 1.807) is 12.3 Å². The average Bonchev–Trinajstić information content (AvgIpc) is 2.91. The van der Waals surface area contributed by atoms with Crippen LogP contribution in [0.3, 0.4) is 0 Å². The molecule has 4 heteroatoms. The highest BCUT2D eigenvalue weighted by atomic mass is 16.5. The minimum atomic E-state index is -0.0663. The molecule has 0 aliphatic carbocycles. The summed E-state index contributed by atoms with van der Waals surface area (Å²) in [4.78, 5) is 12.4. The van der Waals surface area contributed by atoms with Gasteiger partial charge < -0.3 is 4.74 Å². The smallest absolute Gasteiger partial charge is 0.228 e. The summed E-state index contributed by atoms with van der Waals surface area (Å²) in [7, 11) is 0. The lowest BCUT2D eigenvalue weighted by Crippen LogP contribution is -2.16. The molecule has 2 aromatic rings. The van der Waals surface area contributed by atoms with Gasteiger partial charge in [0.05, 0.1) is 5.69 Å². The van der Waals surface area contributed by atoms with Gasteiger partial charge in [-0.3, -0.25) is 9.48 Å². The lowest BCUT2D eigenvalue weighted by atomic mass is 10.00. The number of carbonyl (C=O) groups excluding carboxylic acids is 1. The molecule has 1 aromatic carbocycles. The molecule has 20 heavy (non-hydrogen) atoms. The molecule has 0 saturated carbocycles. The summed E-state index contributed by atoms with van der Waals surface area (Å²) in [6, 6.07) is 9.67. The predicted molar refractivity (Wildman–Crippen MR) is 76.2 cm³/mol. The van der Waals surface area contributed by atoms with E-state index in [-0.39, 0.29) is 11.8 Å². The standard InChI is InChI=1S/C16H16N2O2/c1-11(2)18-13(7-8-17-18)9-15-16(19)14-6-4-3-5-12(14)10-20-15/h3-9,11H,10H2,1-2H3/b15-9-. The summed E-state index contributed by atoms with van der Waals surface area (Å²) in [6.45, 7) is 4.53. The number of Topliss-reactive ketones (excluding diaryl/α,β-unsaturated/α-hetero) is 1.